The normalized spacial score (nSPS) is 18.5. The SMILES string of the molecule is O=C(Cc1cccc(O)c1)N1CC[C@@H](Nc2cccc(F)c2)[C@@H](Cc2ccccc2)C1. The summed E-state index contributed by atoms with van der Waals surface area (Å²) in [4.78, 5) is 14.9. The minimum atomic E-state index is -0.261. The van der Waals surface area contributed by atoms with Gasteiger partial charge in [-0.25, -0.2) is 4.39 Å². The summed E-state index contributed by atoms with van der Waals surface area (Å²) in [5.74, 6) is 0.175. The Morgan fingerprint density at radius 2 is 1.77 bits per heavy atom. The summed E-state index contributed by atoms with van der Waals surface area (Å²) in [7, 11) is 0. The van der Waals surface area contributed by atoms with Gasteiger partial charge in [0.15, 0.2) is 0 Å². The van der Waals surface area contributed by atoms with Crippen molar-refractivity contribution in [2.45, 2.75) is 25.3 Å². The molecule has 160 valence electrons. The largest absolute Gasteiger partial charge is 0.508 e. The number of carbonyl (C=O) groups excluding carboxylic acids is 1. The third kappa shape index (κ3) is 5.63. The number of aromatic hydroxyl groups is 1. The van der Waals surface area contributed by atoms with Gasteiger partial charge in [-0.3, -0.25) is 4.79 Å². The van der Waals surface area contributed by atoms with Crippen molar-refractivity contribution in [1.29, 1.82) is 0 Å². The molecule has 0 radical (unpaired) electrons. The van der Waals surface area contributed by atoms with Crippen molar-refractivity contribution in [3.63, 3.8) is 0 Å². The lowest BCUT2D eigenvalue weighted by molar-refractivity contribution is -0.132. The summed E-state index contributed by atoms with van der Waals surface area (Å²) in [6.45, 7) is 1.29. The van der Waals surface area contributed by atoms with Crippen molar-refractivity contribution in [2.75, 3.05) is 18.4 Å². The van der Waals surface area contributed by atoms with E-state index >= 15 is 0 Å². The van der Waals surface area contributed by atoms with Crippen LogP contribution in [0.15, 0.2) is 78.9 Å². The van der Waals surface area contributed by atoms with Crippen LogP contribution in [-0.2, 0) is 17.6 Å². The number of benzene rings is 3. The molecule has 1 heterocycles. The zero-order chi connectivity index (χ0) is 21.6. The van der Waals surface area contributed by atoms with Gasteiger partial charge in [-0.15, -0.1) is 0 Å². The highest BCUT2D eigenvalue weighted by Crippen LogP contribution is 2.26. The van der Waals surface area contributed by atoms with Gasteiger partial charge in [0, 0.05) is 30.7 Å². The molecule has 1 fully saturated rings. The van der Waals surface area contributed by atoms with Crippen LogP contribution in [0.3, 0.4) is 0 Å². The molecule has 0 unspecified atom stereocenters. The van der Waals surface area contributed by atoms with E-state index in [1.54, 1.807) is 24.3 Å². The molecule has 0 bridgehead atoms. The minimum Gasteiger partial charge on any atom is -0.508 e. The standard InChI is InChI=1S/C26H27FN2O2/c27-22-9-5-10-23(17-22)28-25-12-13-29(18-21(25)14-19-6-2-1-3-7-19)26(31)16-20-8-4-11-24(30)15-20/h1-11,15,17,21,25,28,30H,12-14,16,18H2/t21-,25+/m0/s1. The fourth-order valence-electron chi connectivity index (χ4n) is 4.32. The van der Waals surface area contributed by atoms with Gasteiger partial charge in [0.2, 0.25) is 5.91 Å². The second-order valence-corrected chi connectivity index (χ2v) is 8.19. The molecule has 1 aliphatic heterocycles. The molecular weight excluding hydrogens is 391 g/mol. The third-order valence-corrected chi connectivity index (χ3v) is 5.87. The van der Waals surface area contributed by atoms with E-state index < -0.39 is 0 Å². The lowest BCUT2D eigenvalue weighted by Crippen LogP contribution is -2.49. The Morgan fingerprint density at radius 1 is 1.00 bits per heavy atom. The number of likely N-dealkylation sites (tertiary alicyclic amines) is 1. The van der Waals surface area contributed by atoms with Crippen LogP contribution in [-0.4, -0.2) is 35.0 Å². The number of anilines is 1. The van der Waals surface area contributed by atoms with E-state index in [9.17, 15) is 14.3 Å². The van der Waals surface area contributed by atoms with E-state index in [1.165, 1.54) is 17.7 Å². The number of piperidine rings is 1. The van der Waals surface area contributed by atoms with E-state index in [2.05, 4.69) is 17.4 Å². The number of rotatable bonds is 6. The van der Waals surface area contributed by atoms with Crippen LogP contribution in [0.1, 0.15) is 17.5 Å². The van der Waals surface area contributed by atoms with Crippen molar-refractivity contribution < 1.29 is 14.3 Å². The Kier molecular flexibility index (Phi) is 6.51. The van der Waals surface area contributed by atoms with Crippen molar-refractivity contribution in [1.82, 2.24) is 4.90 Å². The summed E-state index contributed by atoms with van der Waals surface area (Å²) >= 11 is 0. The topological polar surface area (TPSA) is 52.6 Å². The van der Waals surface area contributed by atoms with Crippen LogP contribution in [0.25, 0.3) is 0 Å². The number of carbonyl (C=O) groups is 1. The quantitative estimate of drug-likeness (QED) is 0.613. The first-order chi connectivity index (χ1) is 15.1. The van der Waals surface area contributed by atoms with E-state index in [0.29, 0.717) is 13.1 Å². The molecule has 31 heavy (non-hydrogen) atoms. The zero-order valence-corrected chi connectivity index (χ0v) is 17.4. The first-order valence-electron chi connectivity index (χ1n) is 10.7. The first kappa shape index (κ1) is 20.9. The van der Waals surface area contributed by atoms with Crippen LogP contribution in [0.4, 0.5) is 10.1 Å². The molecular formula is C26H27FN2O2. The minimum absolute atomic E-state index is 0.0628. The van der Waals surface area contributed by atoms with Gasteiger partial charge < -0.3 is 15.3 Å². The molecule has 4 nitrogen and oxygen atoms in total. The average molecular weight is 419 g/mol. The van der Waals surface area contributed by atoms with Crippen LogP contribution in [0, 0.1) is 11.7 Å². The molecule has 3 aromatic carbocycles. The van der Waals surface area contributed by atoms with E-state index in [0.717, 1.165) is 24.1 Å². The molecule has 0 aromatic heterocycles. The highest BCUT2D eigenvalue weighted by atomic mass is 19.1. The van der Waals surface area contributed by atoms with Gasteiger partial charge in [-0.05, 0) is 54.3 Å². The Bertz CT molecular complexity index is 1020. The molecule has 3 aromatic rings. The predicted octanol–water partition coefficient (Wildman–Crippen LogP) is 4.65. The van der Waals surface area contributed by atoms with Crippen molar-refractivity contribution in [3.8, 4) is 5.75 Å². The molecule has 4 rings (SSSR count). The van der Waals surface area contributed by atoms with Gasteiger partial charge in [-0.1, -0.05) is 48.5 Å². The monoisotopic (exact) mass is 418 g/mol. The van der Waals surface area contributed by atoms with Crippen molar-refractivity contribution in [3.05, 3.63) is 95.8 Å². The second kappa shape index (κ2) is 9.65. The van der Waals surface area contributed by atoms with E-state index in [4.69, 9.17) is 0 Å². The molecule has 0 saturated carbocycles. The molecule has 0 aliphatic carbocycles. The maximum absolute atomic E-state index is 13.7. The molecule has 2 atom stereocenters. The first-order valence-corrected chi connectivity index (χ1v) is 10.7. The van der Waals surface area contributed by atoms with Gasteiger partial charge in [0.1, 0.15) is 11.6 Å². The average Bonchev–Trinajstić information content (AvgIpc) is 2.76. The van der Waals surface area contributed by atoms with Gasteiger partial charge in [0.25, 0.3) is 0 Å². The van der Waals surface area contributed by atoms with Crippen molar-refractivity contribution in [2.24, 2.45) is 5.92 Å². The lowest BCUT2D eigenvalue weighted by atomic mass is 9.86. The predicted molar refractivity (Wildman–Crippen MR) is 120 cm³/mol. The zero-order valence-electron chi connectivity index (χ0n) is 17.4. The Labute approximate surface area is 182 Å². The number of nitrogens with zero attached hydrogens (tertiary/aromatic N) is 1. The van der Waals surface area contributed by atoms with Crippen LogP contribution >= 0.6 is 0 Å². The summed E-state index contributed by atoms with van der Waals surface area (Å²) < 4.78 is 13.7. The number of hydrogen-bond acceptors (Lipinski definition) is 3. The summed E-state index contributed by atoms with van der Waals surface area (Å²) in [6, 6.07) is 23.8. The number of phenolic OH excluding ortho intramolecular Hbond substituents is 1. The Balaban J connectivity index is 1.48. The smallest absolute Gasteiger partial charge is 0.227 e. The lowest BCUT2D eigenvalue weighted by Gasteiger charge is -2.39. The highest BCUT2D eigenvalue weighted by Gasteiger charge is 2.31. The second-order valence-electron chi connectivity index (χ2n) is 8.19. The van der Waals surface area contributed by atoms with Gasteiger partial charge >= 0.3 is 0 Å². The number of nitrogens with one attached hydrogen (secondary N) is 1. The third-order valence-electron chi connectivity index (χ3n) is 5.87. The fourth-order valence-corrected chi connectivity index (χ4v) is 4.32. The Morgan fingerprint density at radius 3 is 2.55 bits per heavy atom. The number of hydrogen-bond donors (Lipinski definition) is 2. The number of halogens is 1. The highest BCUT2D eigenvalue weighted by molar-refractivity contribution is 5.79. The molecule has 1 saturated heterocycles. The fraction of sp³-hybridized carbons (Fsp3) is 0.269. The van der Waals surface area contributed by atoms with Crippen LogP contribution in [0.2, 0.25) is 0 Å². The van der Waals surface area contributed by atoms with E-state index in [1.807, 2.05) is 35.2 Å². The molecule has 5 heteroatoms. The maximum atomic E-state index is 13.7. The molecule has 1 aliphatic rings. The molecule has 2 N–H and O–H groups in total. The van der Waals surface area contributed by atoms with Crippen LogP contribution < -0.4 is 5.32 Å². The summed E-state index contributed by atoms with van der Waals surface area (Å²) in [5.41, 5.74) is 2.80. The number of phenols is 1. The molecule has 1 amide bonds. The summed E-state index contributed by atoms with van der Waals surface area (Å²) in [6.07, 6.45) is 1.90. The van der Waals surface area contributed by atoms with Crippen LogP contribution in [0.5, 0.6) is 5.75 Å². The summed E-state index contributed by atoms with van der Waals surface area (Å²) in [5, 5.41) is 13.2. The van der Waals surface area contributed by atoms with Gasteiger partial charge in [0.05, 0.1) is 6.42 Å². The molecule has 0 spiro atoms. The maximum Gasteiger partial charge on any atom is 0.227 e. The number of amides is 1. The van der Waals surface area contributed by atoms with E-state index in [-0.39, 0.29) is 35.9 Å². The Hall–Kier alpha value is -3.34. The van der Waals surface area contributed by atoms with Crippen molar-refractivity contribution >= 4 is 11.6 Å². The van der Waals surface area contributed by atoms with Gasteiger partial charge in [-0.2, -0.15) is 0 Å².